The number of para-hydroxylation sites is 1. The Hall–Kier alpha value is -2.80. The van der Waals surface area contributed by atoms with Gasteiger partial charge in [0, 0.05) is 25.3 Å². The van der Waals surface area contributed by atoms with Crippen LogP contribution in [-0.2, 0) is 17.9 Å². The van der Waals surface area contributed by atoms with E-state index in [9.17, 15) is 4.79 Å². The van der Waals surface area contributed by atoms with E-state index in [0.29, 0.717) is 16.5 Å². The van der Waals surface area contributed by atoms with Gasteiger partial charge in [-0.2, -0.15) is 0 Å². The molecule has 0 radical (unpaired) electrons. The topological polar surface area (TPSA) is 63.9 Å². The Balaban J connectivity index is 1.35. The second-order valence-corrected chi connectivity index (χ2v) is 7.89. The first-order valence-corrected chi connectivity index (χ1v) is 10.6. The molecule has 31 heavy (non-hydrogen) atoms. The van der Waals surface area contributed by atoms with E-state index in [1.54, 1.807) is 18.2 Å². The van der Waals surface area contributed by atoms with Crippen molar-refractivity contribution in [2.75, 3.05) is 31.6 Å². The van der Waals surface area contributed by atoms with Crippen molar-refractivity contribution < 1.29 is 18.7 Å². The van der Waals surface area contributed by atoms with Gasteiger partial charge in [0.1, 0.15) is 18.1 Å². The summed E-state index contributed by atoms with van der Waals surface area (Å²) in [5, 5.41) is 3.45. The number of carbonyl (C=O) groups is 1. The van der Waals surface area contributed by atoms with Gasteiger partial charge in [-0.3, -0.25) is 9.69 Å². The molecule has 6 nitrogen and oxygen atoms in total. The van der Waals surface area contributed by atoms with Gasteiger partial charge in [0.05, 0.1) is 18.2 Å². The van der Waals surface area contributed by atoms with E-state index in [4.69, 9.17) is 25.5 Å². The zero-order valence-electron chi connectivity index (χ0n) is 17.4. The molecule has 3 aromatic rings. The minimum atomic E-state index is -0.302. The van der Waals surface area contributed by atoms with E-state index in [2.05, 4.69) is 16.3 Å². The summed E-state index contributed by atoms with van der Waals surface area (Å²) in [6, 6.07) is 16.8. The van der Waals surface area contributed by atoms with Gasteiger partial charge in [-0.15, -0.1) is 0 Å². The molecular weight excluding hydrogens is 416 g/mol. The van der Waals surface area contributed by atoms with Crippen LogP contribution in [0.1, 0.15) is 27.4 Å². The molecule has 1 fully saturated rings. The number of anilines is 1. The molecular formula is C24H25ClN2O4. The molecule has 0 bridgehead atoms. The fraction of sp³-hybridized carbons (Fsp3) is 0.292. The van der Waals surface area contributed by atoms with Crippen LogP contribution in [0.3, 0.4) is 0 Å². The van der Waals surface area contributed by atoms with Crippen molar-refractivity contribution >= 4 is 23.2 Å². The van der Waals surface area contributed by atoms with E-state index in [1.807, 2.05) is 37.3 Å². The highest BCUT2D eigenvalue weighted by molar-refractivity contribution is 6.32. The van der Waals surface area contributed by atoms with E-state index >= 15 is 0 Å². The quantitative estimate of drug-likeness (QED) is 0.565. The highest BCUT2D eigenvalue weighted by atomic mass is 35.5. The molecule has 7 heteroatoms. The maximum absolute atomic E-state index is 12.6. The number of rotatable bonds is 7. The maximum Gasteiger partial charge on any atom is 0.291 e. The van der Waals surface area contributed by atoms with Crippen LogP contribution in [-0.4, -0.2) is 37.1 Å². The molecule has 4 rings (SSSR count). The number of furan rings is 1. The van der Waals surface area contributed by atoms with Crippen molar-refractivity contribution in [2.45, 2.75) is 20.1 Å². The van der Waals surface area contributed by atoms with Gasteiger partial charge in [0.25, 0.3) is 5.91 Å². The van der Waals surface area contributed by atoms with Crippen molar-refractivity contribution in [1.29, 1.82) is 0 Å². The molecule has 162 valence electrons. The predicted molar refractivity (Wildman–Crippen MR) is 120 cm³/mol. The van der Waals surface area contributed by atoms with Gasteiger partial charge >= 0.3 is 0 Å². The number of benzene rings is 2. The minimum absolute atomic E-state index is 0.187. The molecule has 0 atom stereocenters. The third-order valence-electron chi connectivity index (χ3n) is 5.10. The highest BCUT2D eigenvalue weighted by Crippen LogP contribution is 2.29. The molecule has 1 N–H and O–H groups in total. The van der Waals surface area contributed by atoms with Gasteiger partial charge in [-0.05, 0) is 48.4 Å². The van der Waals surface area contributed by atoms with E-state index < -0.39 is 0 Å². The van der Waals surface area contributed by atoms with Gasteiger partial charge < -0.3 is 19.2 Å². The largest absolute Gasteiger partial charge is 0.484 e. The van der Waals surface area contributed by atoms with Gasteiger partial charge in [0.15, 0.2) is 5.76 Å². The Kier molecular flexibility index (Phi) is 6.92. The number of nitrogens with one attached hydrogen (secondary N) is 1. The van der Waals surface area contributed by atoms with Crippen LogP contribution >= 0.6 is 11.6 Å². The molecule has 0 unspecified atom stereocenters. The first-order valence-electron chi connectivity index (χ1n) is 10.3. The standard InChI is InChI=1S/C24H25ClN2O4/c1-17-4-2-7-21(25)23(17)30-16-20-8-9-22(31-20)24(28)26-19-6-3-5-18(14-19)15-27-10-12-29-13-11-27/h2-9,14H,10-13,15-16H2,1H3,(H,26,28). The number of ether oxygens (including phenoxy) is 2. The zero-order chi connectivity index (χ0) is 21.6. The Labute approximate surface area is 186 Å². The van der Waals surface area contributed by atoms with Gasteiger partial charge in [0.2, 0.25) is 0 Å². The van der Waals surface area contributed by atoms with Crippen molar-refractivity contribution in [2.24, 2.45) is 0 Å². The van der Waals surface area contributed by atoms with Crippen molar-refractivity contribution in [1.82, 2.24) is 4.90 Å². The molecule has 0 aliphatic carbocycles. The Bertz CT molecular complexity index is 1020. The minimum Gasteiger partial charge on any atom is -0.484 e. The second kappa shape index (κ2) is 10.0. The maximum atomic E-state index is 12.6. The van der Waals surface area contributed by atoms with Gasteiger partial charge in [-0.1, -0.05) is 35.9 Å². The molecule has 1 aliphatic rings. The number of hydrogen-bond donors (Lipinski definition) is 1. The number of halogens is 1. The second-order valence-electron chi connectivity index (χ2n) is 7.48. The van der Waals surface area contributed by atoms with Gasteiger partial charge in [-0.25, -0.2) is 0 Å². The zero-order valence-corrected chi connectivity index (χ0v) is 18.2. The summed E-state index contributed by atoms with van der Waals surface area (Å²) in [7, 11) is 0. The number of morpholine rings is 1. The fourth-order valence-electron chi connectivity index (χ4n) is 3.48. The summed E-state index contributed by atoms with van der Waals surface area (Å²) in [6.07, 6.45) is 0. The van der Waals surface area contributed by atoms with E-state index in [-0.39, 0.29) is 18.3 Å². The third-order valence-corrected chi connectivity index (χ3v) is 5.40. The molecule has 0 spiro atoms. The van der Waals surface area contributed by atoms with E-state index in [0.717, 1.165) is 49.7 Å². The lowest BCUT2D eigenvalue weighted by atomic mass is 10.2. The summed E-state index contributed by atoms with van der Waals surface area (Å²) >= 11 is 6.19. The first-order chi connectivity index (χ1) is 15.1. The third kappa shape index (κ3) is 5.67. The number of carbonyl (C=O) groups excluding carboxylic acids is 1. The average molecular weight is 441 g/mol. The van der Waals surface area contributed by atoms with Crippen LogP contribution in [0, 0.1) is 6.92 Å². The van der Waals surface area contributed by atoms with Crippen LogP contribution < -0.4 is 10.1 Å². The fourth-order valence-corrected chi connectivity index (χ4v) is 3.75. The van der Waals surface area contributed by atoms with Crippen LogP contribution in [0.4, 0.5) is 5.69 Å². The Morgan fingerprint density at radius 2 is 1.94 bits per heavy atom. The summed E-state index contributed by atoms with van der Waals surface area (Å²) in [5.41, 5.74) is 2.81. The monoisotopic (exact) mass is 440 g/mol. The summed E-state index contributed by atoms with van der Waals surface area (Å²) < 4.78 is 16.8. The number of nitrogens with zero attached hydrogens (tertiary/aromatic N) is 1. The molecule has 2 heterocycles. The number of amides is 1. The SMILES string of the molecule is Cc1cccc(Cl)c1OCc1ccc(C(=O)Nc2cccc(CN3CCOCC3)c2)o1. The van der Waals surface area contributed by atoms with Crippen LogP contribution in [0.15, 0.2) is 59.0 Å². The molecule has 1 saturated heterocycles. The Morgan fingerprint density at radius 3 is 2.74 bits per heavy atom. The highest BCUT2D eigenvalue weighted by Gasteiger charge is 2.14. The molecule has 2 aromatic carbocycles. The molecule has 0 saturated carbocycles. The lowest BCUT2D eigenvalue weighted by Crippen LogP contribution is -2.35. The summed E-state index contributed by atoms with van der Waals surface area (Å²) in [4.78, 5) is 15.0. The van der Waals surface area contributed by atoms with Crippen molar-refractivity contribution in [3.05, 3.63) is 82.3 Å². The van der Waals surface area contributed by atoms with Crippen molar-refractivity contribution in [3.63, 3.8) is 0 Å². The van der Waals surface area contributed by atoms with Crippen LogP contribution in [0.2, 0.25) is 5.02 Å². The Morgan fingerprint density at radius 1 is 1.13 bits per heavy atom. The molecule has 1 aromatic heterocycles. The summed E-state index contributed by atoms with van der Waals surface area (Å²) in [5.74, 6) is 1.09. The van der Waals surface area contributed by atoms with Crippen LogP contribution in [0.5, 0.6) is 5.75 Å². The lowest BCUT2D eigenvalue weighted by molar-refractivity contribution is 0.0342. The van der Waals surface area contributed by atoms with Crippen LogP contribution in [0.25, 0.3) is 0 Å². The normalized spacial score (nSPS) is 14.4. The number of aryl methyl sites for hydroxylation is 1. The lowest BCUT2D eigenvalue weighted by Gasteiger charge is -2.26. The van der Waals surface area contributed by atoms with E-state index in [1.165, 1.54) is 0 Å². The first kappa shape index (κ1) is 21.4. The molecule has 1 aliphatic heterocycles. The smallest absolute Gasteiger partial charge is 0.291 e. The number of hydrogen-bond acceptors (Lipinski definition) is 5. The molecule has 1 amide bonds. The predicted octanol–water partition coefficient (Wildman–Crippen LogP) is 4.90. The average Bonchev–Trinajstić information content (AvgIpc) is 3.24. The van der Waals surface area contributed by atoms with Crippen molar-refractivity contribution in [3.8, 4) is 5.75 Å². The summed E-state index contributed by atoms with van der Waals surface area (Å²) in [6.45, 7) is 6.30.